The lowest BCUT2D eigenvalue weighted by atomic mass is 9.83. The van der Waals surface area contributed by atoms with Crippen LogP contribution in [0.15, 0.2) is 18.2 Å². The largest absolute Gasteiger partial charge is 0.419 e. The van der Waals surface area contributed by atoms with Crippen LogP contribution in [0.5, 0.6) is 0 Å². The number of carbonyl (C=O) groups is 1. The Morgan fingerprint density at radius 2 is 1.85 bits per heavy atom. The first-order chi connectivity index (χ1) is 12.5. The van der Waals surface area contributed by atoms with Crippen molar-refractivity contribution in [3.05, 3.63) is 35.1 Å². The number of hydrogen-bond acceptors (Lipinski definition) is 2. The summed E-state index contributed by atoms with van der Waals surface area (Å²) in [5.41, 5.74) is 3.08. The Balaban J connectivity index is 1.56. The van der Waals surface area contributed by atoms with Crippen LogP contribution in [0.1, 0.15) is 43.2 Å². The summed E-state index contributed by atoms with van der Waals surface area (Å²) in [4.78, 5) is 12.2. The van der Waals surface area contributed by atoms with Gasteiger partial charge in [-0.15, -0.1) is 0 Å². The highest BCUT2D eigenvalue weighted by molar-refractivity contribution is 5.82. The molecular weight excluding hydrogens is 374 g/mol. The maximum Gasteiger partial charge on any atom is 0.419 e. The van der Waals surface area contributed by atoms with Gasteiger partial charge < -0.3 is 11.1 Å². The molecule has 2 aliphatic rings. The van der Waals surface area contributed by atoms with Crippen molar-refractivity contribution in [3.8, 4) is 0 Å². The molecule has 0 saturated heterocycles. The molecule has 2 fully saturated rings. The zero-order valence-electron chi connectivity index (χ0n) is 14.4. The van der Waals surface area contributed by atoms with Gasteiger partial charge in [-0.1, -0.05) is 12.1 Å². The molecule has 9 heteroatoms. The molecule has 1 amide bonds. The summed E-state index contributed by atoms with van der Waals surface area (Å²) in [5, 5.41) is 2.64. The Bertz CT molecular complexity index is 725. The molecule has 3 N–H and O–H groups in total. The van der Waals surface area contributed by atoms with Gasteiger partial charge in [0.1, 0.15) is 5.82 Å². The first kappa shape index (κ1) is 20.0. The normalized spacial score (nSPS) is 28.0. The van der Waals surface area contributed by atoms with Gasteiger partial charge in [0.05, 0.1) is 11.6 Å². The van der Waals surface area contributed by atoms with Crippen LogP contribution in [0, 0.1) is 11.2 Å². The van der Waals surface area contributed by atoms with E-state index < -0.39 is 47.3 Å². The fourth-order valence-corrected chi connectivity index (χ4v) is 3.83. The molecular formula is C18H20F6N2O. The Morgan fingerprint density at radius 1 is 1.26 bits per heavy atom. The van der Waals surface area contributed by atoms with E-state index in [1.807, 2.05) is 0 Å². The van der Waals surface area contributed by atoms with Crippen LogP contribution in [0.4, 0.5) is 26.3 Å². The minimum absolute atomic E-state index is 0.116. The molecule has 2 saturated carbocycles. The third-order valence-electron chi connectivity index (χ3n) is 5.66. The van der Waals surface area contributed by atoms with Gasteiger partial charge in [0, 0.05) is 17.9 Å². The molecule has 3 rings (SSSR count). The smallest absolute Gasteiger partial charge is 0.352 e. The van der Waals surface area contributed by atoms with Crippen LogP contribution >= 0.6 is 0 Å². The van der Waals surface area contributed by atoms with Crippen molar-refractivity contribution in [1.82, 2.24) is 5.32 Å². The van der Waals surface area contributed by atoms with Crippen LogP contribution < -0.4 is 11.1 Å². The highest BCUT2D eigenvalue weighted by Crippen LogP contribution is 2.67. The zero-order chi connectivity index (χ0) is 20.0. The lowest BCUT2D eigenvalue weighted by Crippen LogP contribution is -2.47. The molecule has 1 aromatic carbocycles. The highest BCUT2D eigenvalue weighted by Gasteiger charge is 2.70. The van der Waals surface area contributed by atoms with E-state index in [1.165, 1.54) is 0 Å². The average molecular weight is 394 g/mol. The molecule has 0 aliphatic heterocycles. The second-order valence-electron chi connectivity index (χ2n) is 7.53. The number of carbonyl (C=O) groups excluding carboxylic acids is 1. The first-order valence-electron chi connectivity index (χ1n) is 8.74. The van der Waals surface area contributed by atoms with Crippen molar-refractivity contribution in [2.45, 2.75) is 62.7 Å². The molecule has 3 nitrogen and oxygen atoms in total. The molecule has 1 atom stereocenters. The van der Waals surface area contributed by atoms with Gasteiger partial charge >= 0.3 is 6.18 Å². The molecule has 0 aromatic heterocycles. The predicted molar refractivity (Wildman–Crippen MR) is 85.5 cm³/mol. The Morgan fingerprint density at radius 3 is 2.37 bits per heavy atom. The lowest BCUT2D eigenvalue weighted by Gasteiger charge is -2.30. The second kappa shape index (κ2) is 6.68. The minimum Gasteiger partial charge on any atom is -0.352 e. The minimum atomic E-state index is -4.84. The summed E-state index contributed by atoms with van der Waals surface area (Å²) in [6, 6.07) is 1.29. The van der Waals surface area contributed by atoms with Gasteiger partial charge in [0.15, 0.2) is 0 Å². The van der Waals surface area contributed by atoms with Crippen molar-refractivity contribution in [3.63, 3.8) is 0 Å². The van der Waals surface area contributed by atoms with Gasteiger partial charge in [-0.2, -0.15) is 13.2 Å². The van der Waals surface area contributed by atoms with Crippen molar-refractivity contribution in [2.24, 2.45) is 11.1 Å². The second-order valence-corrected chi connectivity index (χ2v) is 7.53. The van der Waals surface area contributed by atoms with E-state index in [1.54, 1.807) is 0 Å². The number of nitrogens with one attached hydrogen (secondary N) is 1. The summed E-state index contributed by atoms with van der Waals surface area (Å²) in [5.74, 6) is -4.70. The molecule has 27 heavy (non-hydrogen) atoms. The summed E-state index contributed by atoms with van der Waals surface area (Å²) < 4.78 is 79.0. The van der Waals surface area contributed by atoms with E-state index in [2.05, 4.69) is 5.32 Å². The van der Waals surface area contributed by atoms with E-state index >= 15 is 0 Å². The molecule has 150 valence electrons. The summed E-state index contributed by atoms with van der Waals surface area (Å²) in [6.45, 7) is 0. The Kier molecular flexibility index (Phi) is 4.95. The monoisotopic (exact) mass is 394 g/mol. The van der Waals surface area contributed by atoms with E-state index in [4.69, 9.17) is 5.73 Å². The van der Waals surface area contributed by atoms with Gasteiger partial charge in [-0.05, 0) is 43.7 Å². The number of amides is 1. The highest BCUT2D eigenvalue weighted by atomic mass is 19.4. The van der Waals surface area contributed by atoms with Crippen molar-refractivity contribution < 1.29 is 31.1 Å². The third-order valence-corrected chi connectivity index (χ3v) is 5.66. The van der Waals surface area contributed by atoms with E-state index in [0.717, 1.165) is 12.1 Å². The molecule has 1 spiro atoms. The van der Waals surface area contributed by atoms with Gasteiger partial charge in [-0.25, -0.2) is 13.2 Å². The van der Waals surface area contributed by atoms with Crippen LogP contribution in [-0.2, 0) is 17.4 Å². The maximum atomic E-state index is 14.0. The maximum absolute atomic E-state index is 14.0. The Labute approximate surface area is 152 Å². The summed E-state index contributed by atoms with van der Waals surface area (Å²) in [6.07, 6.45) is -3.94. The van der Waals surface area contributed by atoms with Crippen LogP contribution in [0.25, 0.3) is 0 Å². The van der Waals surface area contributed by atoms with Crippen LogP contribution in [-0.4, -0.2) is 23.9 Å². The fraction of sp³-hybridized carbons (Fsp3) is 0.611. The number of benzene rings is 1. The third kappa shape index (κ3) is 3.93. The quantitative estimate of drug-likeness (QED) is 0.764. The Hall–Kier alpha value is -1.77. The first-order valence-corrected chi connectivity index (χ1v) is 8.74. The summed E-state index contributed by atoms with van der Waals surface area (Å²) >= 11 is 0. The number of rotatable bonds is 4. The number of halogens is 6. The van der Waals surface area contributed by atoms with Crippen LogP contribution in [0.2, 0.25) is 0 Å². The number of nitrogens with two attached hydrogens (primary N) is 1. The van der Waals surface area contributed by atoms with Crippen molar-refractivity contribution in [2.75, 3.05) is 0 Å². The molecule has 1 unspecified atom stereocenters. The topological polar surface area (TPSA) is 55.1 Å². The van der Waals surface area contributed by atoms with E-state index in [-0.39, 0.29) is 18.0 Å². The van der Waals surface area contributed by atoms with Gasteiger partial charge in [0.25, 0.3) is 5.92 Å². The molecule has 1 aromatic rings. The fourth-order valence-electron chi connectivity index (χ4n) is 3.83. The summed E-state index contributed by atoms with van der Waals surface area (Å²) in [7, 11) is 0. The standard InChI is InChI=1S/C18H20F6N2O/c19-14-10(2-1-3-12(14)18(22,23)24)8-13(25)15(27)26-11-4-6-16(7-5-11)9-17(16,20)21/h1-3,11,13H,4-9,25H2,(H,26,27). The van der Waals surface area contributed by atoms with Crippen molar-refractivity contribution in [1.29, 1.82) is 0 Å². The lowest BCUT2D eigenvalue weighted by molar-refractivity contribution is -0.140. The zero-order valence-corrected chi connectivity index (χ0v) is 14.4. The molecule has 0 heterocycles. The average Bonchev–Trinajstić information content (AvgIpc) is 3.10. The SMILES string of the molecule is NC(Cc1cccc(C(F)(F)F)c1F)C(=O)NC1CCC2(CC1)CC2(F)F. The van der Waals surface area contributed by atoms with E-state index in [9.17, 15) is 31.1 Å². The van der Waals surface area contributed by atoms with Gasteiger partial charge in [0.2, 0.25) is 5.91 Å². The number of hydrogen-bond donors (Lipinski definition) is 2. The van der Waals surface area contributed by atoms with Crippen LogP contribution in [0.3, 0.4) is 0 Å². The molecule has 0 radical (unpaired) electrons. The molecule has 2 aliphatic carbocycles. The van der Waals surface area contributed by atoms with Crippen molar-refractivity contribution >= 4 is 5.91 Å². The van der Waals surface area contributed by atoms with E-state index in [0.29, 0.717) is 31.7 Å². The predicted octanol–water partition coefficient (Wildman–Crippen LogP) is 3.80. The van der Waals surface area contributed by atoms with Gasteiger partial charge in [-0.3, -0.25) is 4.79 Å². The molecule has 0 bridgehead atoms. The number of alkyl halides is 5.